The average Bonchev–Trinajstić information content (AvgIpc) is 2.53. The third-order valence-electron chi connectivity index (χ3n) is 3.51. The van der Waals surface area contributed by atoms with E-state index in [1.54, 1.807) is 23.2 Å². The van der Waals surface area contributed by atoms with E-state index in [4.69, 9.17) is 11.6 Å². The van der Waals surface area contributed by atoms with Gasteiger partial charge in [0.1, 0.15) is 5.15 Å². The molecule has 114 valence electrons. The Morgan fingerprint density at radius 1 is 1.33 bits per heavy atom. The summed E-state index contributed by atoms with van der Waals surface area (Å²) in [4.78, 5) is 31.3. The topological polar surface area (TPSA) is 62.7 Å². The van der Waals surface area contributed by atoms with E-state index in [0.29, 0.717) is 31.6 Å². The minimum Gasteiger partial charge on any atom is -0.469 e. The van der Waals surface area contributed by atoms with Crippen molar-refractivity contribution in [1.82, 2.24) is 14.8 Å². The van der Waals surface area contributed by atoms with Gasteiger partial charge in [-0.25, -0.2) is 4.98 Å². The zero-order valence-electron chi connectivity index (χ0n) is 11.9. The number of carbonyl (C=O) groups is 2. The number of rotatable bonds is 4. The lowest BCUT2D eigenvalue weighted by atomic mass is 10.2. The Labute approximate surface area is 128 Å². The summed E-state index contributed by atoms with van der Waals surface area (Å²) in [6.45, 7) is 3.36. The zero-order valence-corrected chi connectivity index (χ0v) is 12.7. The first-order valence-electron chi connectivity index (χ1n) is 6.81. The molecule has 0 bridgehead atoms. The van der Waals surface area contributed by atoms with Crippen LogP contribution < -0.4 is 0 Å². The van der Waals surface area contributed by atoms with Crippen molar-refractivity contribution in [3.05, 3.63) is 29.0 Å². The number of piperazine rings is 1. The maximum Gasteiger partial charge on any atom is 0.306 e. The molecule has 1 saturated heterocycles. The summed E-state index contributed by atoms with van der Waals surface area (Å²) in [5, 5.41) is 0.232. The maximum atomic E-state index is 12.3. The van der Waals surface area contributed by atoms with Crippen LogP contribution in [0.4, 0.5) is 0 Å². The zero-order chi connectivity index (χ0) is 15.2. The summed E-state index contributed by atoms with van der Waals surface area (Å²) in [5.41, 5.74) is 0.433. The molecule has 0 N–H and O–H groups in total. The highest BCUT2D eigenvalue weighted by Gasteiger charge is 2.23. The number of halogens is 1. The molecule has 2 heterocycles. The molecule has 1 aromatic heterocycles. The van der Waals surface area contributed by atoms with E-state index in [9.17, 15) is 9.59 Å². The van der Waals surface area contributed by atoms with Crippen molar-refractivity contribution in [2.24, 2.45) is 0 Å². The van der Waals surface area contributed by atoms with Crippen molar-refractivity contribution >= 4 is 23.5 Å². The molecule has 21 heavy (non-hydrogen) atoms. The third-order valence-corrected chi connectivity index (χ3v) is 3.81. The molecule has 0 atom stereocenters. The number of esters is 1. The number of ether oxygens (including phenoxy) is 1. The van der Waals surface area contributed by atoms with Gasteiger partial charge in [-0.2, -0.15) is 0 Å². The molecule has 6 nitrogen and oxygen atoms in total. The van der Waals surface area contributed by atoms with Crippen molar-refractivity contribution in [3.63, 3.8) is 0 Å². The monoisotopic (exact) mass is 311 g/mol. The van der Waals surface area contributed by atoms with E-state index < -0.39 is 0 Å². The Hall–Kier alpha value is -1.66. The highest BCUT2D eigenvalue weighted by molar-refractivity contribution is 6.32. The second-order valence-corrected chi connectivity index (χ2v) is 5.16. The van der Waals surface area contributed by atoms with Gasteiger partial charge in [-0.1, -0.05) is 11.6 Å². The first-order valence-corrected chi connectivity index (χ1v) is 7.18. The molecule has 0 aromatic carbocycles. The van der Waals surface area contributed by atoms with Crippen LogP contribution in [0.1, 0.15) is 16.8 Å². The van der Waals surface area contributed by atoms with Gasteiger partial charge in [0.15, 0.2) is 0 Å². The summed E-state index contributed by atoms with van der Waals surface area (Å²) in [5.74, 6) is -0.309. The summed E-state index contributed by atoms with van der Waals surface area (Å²) in [7, 11) is 1.39. The SMILES string of the molecule is COC(=O)CCN1CCN(C(=O)c2cccnc2Cl)CC1. The fourth-order valence-corrected chi connectivity index (χ4v) is 2.44. The summed E-state index contributed by atoms with van der Waals surface area (Å²) in [6, 6.07) is 3.38. The number of aromatic nitrogens is 1. The summed E-state index contributed by atoms with van der Waals surface area (Å²) in [6.07, 6.45) is 1.93. The van der Waals surface area contributed by atoms with Crippen molar-refractivity contribution in [3.8, 4) is 0 Å². The predicted molar refractivity (Wildman–Crippen MR) is 78.2 cm³/mol. The average molecular weight is 312 g/mol. The van der Waals surface area contributed by atoms with Gasteiger partial charge in [0.05, 0.1) is 19.1 Å². The molecule has 1 aliphatic rings. The van der Waals surface area contributed by atoms with Crippen LogP contribution in [-0.4, -0.2) is 66.5 Å². The molecule has 0 saturated carbocycles. The van der Waals surface area contributed by atoms with Crippen molar-refractivity contribution in [2.75, 3.05) is 39.8 Å². The Morgan fingerprint density at radius 3 is 2.67 bits per heavy atom. The van der Waals surface area contributed by atoms with Crippen molar-refractivity contribution < 1.29 is 14.3 Å². The number of hydrogen-bond acceptors (Lipinski definition) is 5. The first kappa shape index (κ1) is 15.7. The number of pyridine rings is 1. The fraction of sp³-hybridized carbons (Fsp3) is 0.500. The van der Waals surface area contributed by atoms with E-state index in [0.717, 1.165) is 13.1 Å². The largest absolute Gasteiger partial charge is 0.469 e. The Balaban J connectivity index is 1.85. The molecule has 1 aromatic rings. The van der Waals surface area contributed by atoms with Crippen LogP contribution in [0, 0.1) is 0 Å². The number of methoxy groups -OCH3 is 1. The third kappa shape index (κ3) is 4.15. The van der Waals surface area contributed by atoms with Gasteiger partial charge in [0.2, 0.25) is 0 Å². The Kier molecular flexibility index (Phi) is 5.52. The standard InChI is InChI=1S/C14H18ClN3O3/c1-21-12(19)4-6-17-7-9-18(10-8-17)14(20)11-3-2-5-16-13(11)15/h2-3,5H,4,6-10H2,1H3. The van der Waals surface area contributed by atoms with E-state index >= 15 is 0 Å². The quantitative estimate of drug-likeness (QED) is 0.614. The van der Waals surface area contributed by atoms with Gasteiger partial charge in [-0.15, -0.1) is 0 Å². The molecule has 0 unspecified atom stereocenters. The Morgan fingerprint density at radius 2 is 2.05 bits per heavy atom. The van der Waals surface area contributed by atoms with E-state index in [1.807, 2.05) is 0 Å². The second-order valence-electron chi connectivity index (χ2n) is 4.80. The van der Waals surface area contributed by atoms with Gasteiger partial charge in [0, 0.05) is 38.9 Å². The van der Waals surface area contributed by atoms with Crippen molar-refractivity contribution in [2.45, 2.75) is 6.42 Å². The second kappa shape index (κ2) is 7.38. The molecule has 0 radical (unpaired) electrons. The first-order chi connectivity index (χ1) is 10.1. The van der Waals surface area contributed by atoms with Crippen LogP contribution in [0.15, 0.2) is 18.3 Å². The fourth-order valence-electron chi connectivity index (χ4n) is 2.24. The lowest BCUT2D eigenvalue weighted by molar-refractivity contribution is -0.141. The van der Waals surface area contributed by atoms with Crippen LogP contribution in [0.3, 0.4) is 0 Å². The van der Waals surface area contributed by atoms with Crippen LogP contribution in [-0.2, 0) is 9.53 Å². The maximum absolute atomic E-state index is 12.3. The molecule has 1 fully saturated rings. The highest BCUT2D eigenvalue weighted by Crippen LogP contribution is 2.15. The number of carbonyl (C=O) groups excluding carboxylic acids is 2. The van der Waals surface area contributed by atoms with Crippen LogP contribution >= 0.6 is 11.6 Å². The minimum absolute atomic E-state index is 0.0966. The summed E-state index contributed by atoms with van der Waals surface area (Å²) < 4.78 is 4.62. The van der Waals surface area contributed by atoms with Gasteiger partial charge >= 0.3 is 5.97 Å². The van der Waals surface area contributed by atoms with Gasteiger partial charge < -0.3 is 9.64 Å². The van der Waals surface area contributed by atoms with Crippen LogP contribution in [0.5, 0.6) is 0 Å². The lowest BCUT2D eigenvalue weighted by Crippen LogP contribution is -2.49. The van der Waals surface area contributed by atoms with Crippen molar-refractivity contribution in [1.29, 1.82) is 0 Å². The molecule has 1 amide bonds. The summed E-state index contributed by atoms with van der Waals surface area (Å²) >= 11 is 5.95. The number of nitrogens with zero attached hydrogens (tertiary/aromatic N) is 3. The van der Waals surface area contributed by atoms with E-state index in [2.05, 4.69) is 14.6 Å². The van der Waals surface area contributed by atoms with E-state index in [-0.39, 0.29) is 17.0 Å². The molecular formula is C14H18ClN3O3. The lowest BCUT2D eigenvalue weighted by Gasteiger charge is -2.34. The molecule has 0 aliphatic carbocycles. The normalized spacial score (nSPS) is 15.8. The van der Waals surface area contributed by atoms with Crippen LogP contribution in [0.2, 0.25) is 5.15 Å². The number of hydrogen-bond donors (Lipinski definition) is 0. The molecular weight excluding hydrogens is 294 g/mol. The highest BCUT2D eigenvalue weighted by atomic mass is 35.5. The van der Waals surface area contributed by atoms with Gasteiger partial charge in [-0.3, -0.25) is 14.5 Å². The smallest absolute Gasteiger partial charge is 0.306 e. The Bertz CT molecular complexity index is 516. The number of amides is 1. The molecule has 1 aliphatic heterocycles. The minimum atomic E-state index is -0.212. The molecule has 2 rings (SSSR count). The molecule has 0 spiro atoms. The predicted octanol–water partition coefficient (Wildman–Crippen LogP) is 1.06. The van der Waals surface area contributed by atoms with Gasteiger partial charge in [0.25, 0.3) is 5.91 Å². The van der Waals surface area contributed by atoms with E-state index in [1.165, 1.54) is 7.11 Å². The molecule has 7 heteroatoms. The van der Waals surface area contributed by atoms with Crippen LogP contribution in [0.25, 0.3) is 0 Å². The van der Waals surface area contributed by atoms with Gasteiger partial charge in [-0.05, 0) is 12.1 Å².